The van der Waals surface area contributed by atoms with Crippen molar-refractivity contribution in [1.29, 1.82) is 0 Å². The van der Waals surface area contributed by atoms with Crippen LogP contribution < -0.4 is 5.32 Å². The summed E-state index contributed by atoms with van der Waals surface area (Å²) in [6.07, 6.45) is 3.85. The Kier molecular flexibility index (Phi) is 6.10. The summed E-state index contributed by atoms with van der Waals surface area (Å²) in [6, 6.07) is 9.45. The molecule has 2 heterocycles. The molecular weight excluding hydrogens is 336 g/mol. The molecule has 0 saturated carbocycles. The van der Waals surface area contributed by atoms with Crippen LogP contribution in [-0.4, -0.2) is 46.8 Å². The van der Waals surface area contributed by atoms with Gasteiger partial charge in [-0.15, -0.1) is 0 Å². The zero-order chi connectivity index (χ0) is 17.6. The Morgan fingerprint density at radius 2 is 2.04 bits per heavy atom. The van der Waals surface area contributed by atoms with E-state index in [4.69, 9.17) is 11.6 Å². The van der Waals surface area contributed by atoms with E-state index in [9.17, 15) is 4.79 Å². The third-order valence-corrected chi connectivity index (χ3v) is 4.83. The molecule has 1 saturated heterocycles. The van der Waals surface area contributed by atoms with E-state index in [0.29, 0.717) is 23.8 Å². The number of nitrogens with zero attached hydrogens (tertiary/aromatic N) is 3. The van der Waals surface area contributed by atoms with Gasteiger partial charge in [0, 0.05) is 30.2 Å². The molecule has 1 amide bonds. The molecule has 1 aromatic carbocycles. The smallest absolute Gasteiger partial charge is 0.271 e. The maximum atomic E-state index is 12.4. The van der Waals surface area contributed by atoms with Crippen LogP contribution >= 0.6 is 11.6 Å². The molecule has 3 rings (SSSR count). The second-order valence-electron chi connectivity index (χ2n) is 6.40. The number of piperidine rings is 1. The monoisotopic (exact) mass is 360 g/mol. The fourth-order valence-electron chi connectivity index (χ4n) is 3.25. The highest BCUT2D eigenvalue weighted by molar-refractivity contribution is 6.30. The summed E-state index contributed by atoms with van der Waals surface area (Å²) in [7, 11) is 0. The molecule has 6 heteroatoms. The lowest BCUT2D eigenvalue weighted by molar-refractivity contribution is 0.0940. The van der Waals surface area contributed by atoms with E-state index in [-0.39, 0.29) is 5.91 Å². The minimum Gasteiger partial charge on any atom is -0.349 e. The number of likely N-dealkylation sites (tertiary alicyclic amines) is 1. The third-order valence-electron chi connectivity index (χ3n) is 4.59. The van der Waals surface area contributed by atoms with Crippen molar-refractivity contribution in [2.24, 2.45) is 0 Å². The average Bonchev–Trinajstić information content (AvgIpc) is 3.07. The van der Waals surface area contributed by atoms with Crippen LogP contribution in [0.2, 0.25) is 5.02 Å². The van der Waals surface area contributed by atoms with Crippen LogP contribution in [0.5, 0.6) is 0 Å². The molecule has 1 aliphatic heterocycles. The first-order chi connectivity index (χ1) is 12.2. The number of halogens is 1. The molecule has 1 fully saturated rings. The molecule has 1 aliphatic rings. The Bertz CT molecular complexity index is 722. The van der Waals surface area contributed by atoms with Crippen molar-refractivity contribution in [2.75, 3.05) is 26.2 Å². The number of rotatable bonds is 6. The quantitative estimate of drug-likeness (QED) is 0.858. The zero-order valence-electron chi connectivity index (χ0n) is 14.7. The average molecular weight is 361 g/mol. The molecule has 1 aromatic heterocycles. The van der Waals surface area contributed by atoms with E-state index < -0.39 is 0 Å². The minimum atomic E-state index is -0.118. The third kappa shape index (κ3) is 4.61. The number of carbonyl (C=O) groups is 1. The van der Waals surface area contributed by atoms with Crippen molar-refractivity contribution < 1.29 is 4.79 Å². The molecule has 0 radical (unpaired) electrons. The summed E-state index contributed by atoms with van der Waals surface area (Å²) in [5.74, 6) is -0.118. The highest BCUT2D eigenvalue weighted by Crippen LogP contribution is 2.23. The van der Waals surface area contributed by atoms with Crippen molar-refractivity contribution >= 4 is 17.5 Å². The van der Waals surface area contributed by atoms with E-state index in [2.05, 4.69) is 15.3 Å². The largest absolute Gasteiger partial charge is 0.349 e. The molecule has 25 heavy (non-hydrogen) atoms. The van der Waals surface area contributed by atoms with Gasteiger partial charge in [-0.3, -0.25) is 9.48 Å². The van der Waals surface area contributed by atoms with E-state index >= 15 is 0 Å². The van der Waals surface area contributed by atoms with Crippen molar-refractivity contribution in [3.8, 4) is 11.3 Å². The van der Waals surface area contributed by atoms with Gasteiger partial charge in [-0.2, -0.15) is 5.10 Å². The van der Waals surface area contributed by atoms with Crippen molar-refractivity contribution in [3.05, 3.63) is 41.0 Å². The Labute approximate surface area is 154 Å². The maximum absolute atomic E-state index is 12.4. The topological polar surface area (TPSA) is 50.2 Å². The molecule has 0 bridgehead atoms. The molecule has 2 aromatic rings. The highest BCUT2D eigenvalue weighted by atomic mass is 35.5. The van der Waals surface area contributed by atoms with Crippen LogP contribution in [0.1, 0.15) is 36.7 Å². The molecule has 1 N–H and O–H groups in total. The van der Waals surface area contributed by atoms with Gasteiger partial charge in [-0.25, -0.2) is 0 Å². The number of hydrogen-bond donors (Lipinski definition) is 1. The number of aromatic nitrogens is 2. The number of aryl methyl sites for hydroxylation is 1. The first kappa shape index (κ1) is 18.0. The van der Waals surface area contributed by atoms with Gasteiger partial charge in [-0.05, 0) is 51.1 Å². The molecule has 5 nitrogen and oxygen atoms in total. The second kappa shape index (κ2) is 8.50. The predicted octanol–water partition coefficient (Wildman–Crippen LogP) is 3.44. The van der Waals surface area contributed by atoms with Gasteiger partial charge in [0.1, 0.15) is 0 Å². The minimum absolute atomic E-state index is 0.118. The fraction of sp³-hybridized carbons (Fsp3) is 0.474. The number of amides is 1. The van der Waals surface area contributed by atoms with Crippen LogP contribution in [-0.2, 0) is 6.54 Å². The first-order valence-electron chi connectivity index (χ1n) is 9.01. The number of nitrogens with one attached hydrogen (secondary N) is 1. The summed E-state index contributed by atoms with van der Waals surface area (Å²) in [5, 5.41) is 8.11. The Balaban J connectivity index is 1.64. The molecule has 0 unspecified atom stereocenters. The Morgan fingerprint density at radius 1 is 1.24 bits per heavy atom. The van der Waals surface area contributed by atoms with Gasteiger partial charge >= 0.3 is 0 Å². The summed E-state index contributed by atoms with van der Waals surface area (Å²) in [5.41, 5.74) is 2.33. The lowest BCUT2D eigenvalue weighted by Crippen LogP contribution is -2.37. The van der Waals surface area contributed by atoms with Gasteiger partial charge in [0.05, 0.1) is 5.69 Å². The van der Waals surface area contributed by atoms with Crippen LogP contribution in [0, 0.1) is 0 Å². The zero-order valence-corrected chi connectivity index (χ0v) is 15.4. The lowest BCUT2D eigenvalue weighted by atomic mass is 10.1. The van der Waals surface area contributed by atoms with E-state index in [0.717, 1.165) is 30.9 Å². The van der Waals surface area contributed by atoms with Crippen LogP contribution in [0.15, 0.2) is 30.3 Å². The van der Waals surface area contributed by atoms with Crippen molar-refractivity contribution in [2.45, 2.75) is 32.7 Å². The van der Waals surface area contributed by atoms with Crippen molar-refractivity contribution in [3.63, 3.8) is 0 Å². The predicted molar refractivity (Wildman–Crippen MR) is 101 cm³/mol. The maximum Gasteiger partial charge on any atom is 0.271 e. The molecular formula is C19H25ClN4O. The standard InChI is InChI=1S/C19H25ClN4O/c1-2-24-18(15-7-6-8-16(20)13-15)14-17(22-24)19(25)21-9-12-23-10-4-3-5-11-23/h6-8,13-14H,2-5,9-12H2,1H3,(H,21,25). The normalized spacial score (nSPS) is 15.3. The van der Waals surface area contributed by atoms with Gasteiger partial charge in [0.25, 0.3) is 5.91 Å². The molecule has 134 valence electrons. The van der Waals surface area contributed by atoms with E-state index in [1.54, 1.807) is 0 Å². The van der Waals surface area contributed by atoms with Crippen LogP contribution in [0.25, 0.3) is 11.3 Å². The van der Waals surface area contributed by atoms with Gasteiger partial charge in [0.2, 0.25) is 0 Å². The summed E-state index contributed by atoms with van der Waals surface area (Å²) in [6.45, 7) is 6.55. The molecule has 0 aliphatic carbocycles. The number of benzene rings is 1. The fourth-order valence-corrected chi connectivity index (χ4v) is 3.44. The van der Waals surface area contributed by atoms with Gasteiger partial charge in [-0.1, -0.05) is 30.2 Å². The highest BCUT2D eigenvalue weighted by Gasteiger charge is 2.16. The lowest BCUT2D eigenvalue weighted by Gasteiger charge is -2.26. The SMILES string of the molecule is CCn1nc(C(=O)NCCN2CCCCC2)cc1-c1cccc(Cl)c1. The van der Waals surface area contributed by atoms with Crippen molar-refractivity contribution in [1.82, 2.24) is 20.0 Å². The van der Waals surface area contributed by atoms with Gasteiger partial charge < -0.3 is 10.2 Å². The summed E-state index contributed by atoms with van der Waals surface area (Å²) >= 11 is 6.09. The second-order valence-corrected chi connectivity index (χ2v) is 6.84. The molecule has 0 spiro atoms. The van der Waals surface area contributed by atoms with Crippen LogP contribution in [0.3, 0.4) is 0 Å². The Morgan fingerprint density at radius 3 is 2.76 bits per heavy atom. The first-order valence-corrected chi connectivity index (χ1v) is 9.39. The van der Waals surface area contributed by atoms with Gasteiger partial charge in [0.15, 0.2) is 5.69 Å². The number of carbonyl (C=O) groups excluding carboxylic acids is 1. The van der Waals surface area contributed by atoms with E-state index in [1.165, 1.54) is 19.3 Å². The number of hydrogen-bond acceptors (Lipinski definition) is 3. The summed E-state index contributed by atoms with van der Waals surface area (Å²) < 4.78 is 1.84. The molecule has 0 atom stereocenters. The Hall–Kier alpha value is -1.85. The van der Waals surface area contributed by atoms with Crippen LogP contribution in [0.4, 0.5) is 0 Å². The summed E-state index contributed by atoms with van der Waals surface area (Å²) in [4.78, 5) is 14.8. The van der Waals surface area contributed by atoms with E-state index in [1.807, 2.05) is 41.9 Å².